The molecule has 0 N–H and O–H groups in total. The number of amides is 1. The number of sulfonamides is 1. The van der Waals surface area contributed by atoms with E-state index in [-0.39, 0.29) is 21.6 Å². The van der Waals surface area contributed by atoms with Gasteiger partial charge in [-0.05, 0) is 50.0 Å². The van der Waals surface area contributed by atoms with Crippen LogP contribution >= 0.6 is 0 Å². The van der Waals surface area contributed by atoms with Gasteiger partial charge in [0.2, 0.25) is 15.9 Å². The molecule has 2 heterocycles. The standard InChI is InChI=1S/C21H31N3O4S/c1-15(25)24-8-9-28-18-7-6-16(10-17(18)24)29(26,27)23-11-19-20(2,3)12-21(19,14-23)13-22(4)5/h6-7,10,19H,8-9,11-14H2,1-5H3/t19-,21+/m1/s1. The summed E-state index contributed by atoms with van der Waals surface area (Å²) in [5.41, 5.74) is 0.702. The average Bonchev–Trinajstić information content (AvgIpc) is 2.95. The summed E-state index contributed by atoms with van der Waals surface area (Å²) in [7, 11) is 0.449. The first-order valence-electron chi connectivity index (χ1n) is 10.2. The average molecular weight is 422 g/mol. The maximum atomic E-state index is 13.5. The van der Waals surface area contributed by atoms with Crippen LogP contribution in [-0.2, 0) is 14.8 Å². The number of ether oxygens (including phenoxy) is 1. The van der Waals surface area contributed by atoms with Crippen LogP contribution in [-0.4, -0.2) is 70.4 Å². The maximum Gasteiger partial charge on any atom is 0.243 e. The Hall–Kier alpha value is -1.64. The van der Waals surface area contributed by atoms with Crippen molar-refractivity contribution in [2.24, 2.45) is 16.7 Å². The van der Waals surface area contributed by atoms with Gasteiger partial charge in [0.25, 0.3) is 0 Å². The predicted octanol–water partition coefficient (Wildman–Crippen LogP) is 2.03. The van der Waals surface area contributed by atoms with E-state index in [1.807, 2.05) is 14.1 Å². The second-order valence-electron chi connectivity index (χ2n) is 9.76. The van der Waals surface area contributed by atoms with Crippen molar-refractivity contribution in [1.82, 2.24) is 9.21 Å². The van der Waals surface area contributed by atoms with Gasteiger partial charge in [0.1, 0.15) is 12.4 Å². The molecule has 1 aromatic carbocycles. The molecule has 0 bridgehead atoms. The summed E-state index contributed by atoms with van der Waals surface area (Å²) in [5.74, 6) is 0.786. The molecule has 160 valence electrons. The van der Waals surface area contributed by atoms with E-state index in [0.29, 0.717) is 43.6 Å². The fraction of sp³-hybridized carbons (Fsp3) is 0.667. The molecule has 0 radical (unpaired) electrons. The maximum absolute atomic E-state index is 13.5. The fourth-order valence-electron chi connectivity index (χ4n) is 5.94. The van der Waals surface area contributed by atoms with E-state index >= 15 is 0 Å². The first-order chi connectivity index (χ1) is 13.5. The highest BCUT2D eigenvalue weighted by Gasteiger charge is 2.64. The first kappa shape index (κ1) is 20.6. The van der Waals surface area contributed by atoms with Crippen LogP contribution < -0.4 is 9.64 Å². The molecule has 1 amide bonds. The van der Waals surface area contributed by atoms with Gasteiger partial charge in [-0.25, -0.2) is 8.42 Å². The summed E-state index contributed by atoms with van der Waals surface area (Å²) in [5, 5.41) is 0. The molecule has 0 aromatic heterocycles. The Bertz CT molecular complexity index is 939. The van der Waals surface area contributed by atoms with Gasteiger partial charge in [0, 0.05) is 32.0 Å². The molecule has 29 heavy (non-hydrogen) atoms. The third-order valence-electron chi connectivity index (χ3n) is 6.81. The number of nitrogens with zero attached hydrogens (tertiary/aromatic N) is 3. The number of carbonyl (C=O) groups excluding carboxylic acids is 1. The Morgan fingerprint density at radius 1 is 1.31 bits per heavy atom. The van der Waals surface area contributed by atoms with Crippen molar-refractivity contribution >= 4 is 21.6 Å². The number of hydrogen-bond acceptors (Lipinski definition) is 5. The van der Waals surface area contributed by atoms with E-state index < -0.39 is 10.0 Å². The Balaban J connectivity index is 1.66. The molecule has 0 unspecified atom stereocenters. The molecule has 2 fully saturated rings. The van der Waals surface area contributed by atoms with Crippen LogP contribution in [0, 0.1) is 16.7 Å². The molecule has 1 aromatic rings. The topological polar surface area (TPSA) is 70.2 Å². The van der Waals surface area contributed by atoms with Crippen molar-refractivity contribution in [3.63, 3.8) is 0 Å². The van der Waals surface area contributed by atoms with Gasteiger partial charge in [-0.2, -0.15) is 4.31 Å². The Kier molecular flexibility index (Phi) is 4.75. The lowest BCUT2D eigenvalue weighted by Gasteiger charge is -2.57. The Morgan fingerprint density at radius 2 is 2.03 bits per heavy atom. The molecular weight excluding hydrogens is 390 g/mol. The van der Waals surface area contributed by atoms with Gasteiger partial charge in [0.05, 0.1) is 17.1 Å². The normalized spacial score (nSPS) is 28.5. The van der Waals surface area contributed by atoms with Crippen molar-refractivity contribution < 1.29 is 17.9 Å². The molecule has 1 saturated heterocycles. The molecule has 8 heteroatoms. The number of hydrogen-bond donors (Lipinski definition) is 0. The van der Waals surface area contributed by atoms with Crippen molar-refractivity contribution in [1.29, 1.82) is 0 Å². The second kappa shape index (κ2) is 6.68. The van der Waals surface area contributed by atoms with E-state index in [2.05, 4.69) is 18.7 Å². The molecule has 0 spiro atoms. The van der Waals surface area contributed by atoms with Gasteiger partial charge in [-0.1, -0.05) is 13.8 Å². The van der Waals surface area contributed by atoms with Gasteiger partial charge >= 0.3 is 0 Å². The zero-order valence-electron chi connectivity index (χ0n) is 17.9. The minimum absolute atomic E-state index is 0.0167. The van der Waals surface area contributed by atoms with Crippen LogP contribution in [0.5, 0.6) is 5.75 Å². The van der Waals surface area contributed by atoms with Crippen molar-refractivity contribution in [3.8, 4) is 5.75 Å². The van der Waals surface area contributed by atoms with Crippen LogP contribution in [0.3, 0.4) is 0 Å². The van der Waals surface area contributed by atoms with E-state index in [9.17, 15) is 13.2 Å². The third-order valence-corrected chi connectivity index (χ3v) is 8.62. The monoisotopic (exact) mass is 421 g/mol. The largest absolute Gasteiger partial charge is 0.490 e. The van der Waals surface area contributed by atoms with Crippen LogP contribution in [0.1, 0.15) is 27.2 Å². The van der Waals surface area contributed by atoms with Crippen LogP contribution in [0.2, 0.25) is 0 Å². The molecule has 2 aliphatic heterocycles. The summed E-state index contributed by atoms with van der Waals surface area (Å²) in [6.07, 6.45) is 1.03. The number of fused-ring (bicyclic) bond motifs is 2. The molecule has 2 atom stereocenters. The number of carbonyl (C=O) groups is 1. The summed E-state index contributed by atoms with van der Waals surface area (Å²) < 4.78 is 34.3. The third kappa shape index (κ3) is 3.25. The Labute approximate surface area is 173 Å². The van der Waals surface area contributed by atoms with Gasteiger partial charge < -0.3 is 14.5 Å². The molecular formula is C21H31N3O4S. The van der Waals surface area contributed by atoms with E-state index in [1.54, 1.807) is 27.4 Å². The molecule has 1 saturated carbocycles. The number of rotatable bonds is 4. The summed E-state index contributed by atoms with van der Waals surface area (Å²) in [6.45, 7) is 8.79. The molecule has 3 aliphatic rings. The van der Waals surface area contributed by atoms with E-state index in [4.69, 9.17) is 4.74 Å². The first-order valence-corrected chi connectivity index (χ1v) is 11.6. The summed E-state index contributed by atoms with van der Waals surface area (Å²) >= 11 is 0. The predicted molar refractivity (Wildman–Crippen MR) is 112 cm³/mol. The molecule has 4 rings (SSSR count). The smallest absolute Gasteiger partial charge is 0.243 e. The summed E-state index contributed by atoms with van der Waals surface area (Å²) in [4.78, 5) is 16.0. The highest BCUT2D eigenvalue weighted by Crippen LogP contribution is 2.63. The highest BCUT2D eigenvalue weighted by atomic mass is 32.2. The van der Waals surface area contributed by atoms with Crippen LogP contribution in [0.4, 0.5) is 5.69 Å². The quantitative estimate of drug-likeness (QED) is 0.744. The zero-order valence-corrected chi connectivity index (χ0v) is 18.8. The minimum Gasteiger partial charge on any atom is -0.490 e. The van der Waals surface area contributed by atoms with Crippen molar-refractivity contribution in [3.05, 3.63) is 18.2 Å². The lowest BCUT2D eigenvalue weighted by molar-refractivity contribution is -0.116. The molecule has 1 aliphatic carbocycles. The highest BCUT2D eigenvalue weighted by molar-refractivity contribution is 7.89. The van der Waals surface area contributed by atoms with Crippen LogP contribution in [0.25, 0.3) is 0 Å². The zero-order chi connectivity index (χ0) is 21.2. The number of anilines is 1. The van der Waals surface area contributed by atoms with Gasteiger partial charge in [0.15, 0.2) is 0 Å². The van der Waals surface area contributed by atoms with E-state index in [0.717, 1.165) is 13.0 Å². The molecule has 7 nitrogen and oxygen atoms in total. The van der Waals surface area contributed by atoms with E-state index in [1.165, 1.54) is 6.92 Å². The lowest BCUT2D eigenvalue weighted by Crippen LogP contribution is -2.57. The minimum atomic E-state index is -3.65. The van der Waals surface area contributed by atoms with Crippen LogP contribution in [0.15, 0.2) is 23.1 Å². The SMILES string of the molecule is CC(=O)N1CCOc2ccc(S(=O)(=O)N3C[C@@H]4C(C)(C)C[C@]4(CN(C)C)C3)cc21. The van der Waals surface area contributed by atoms with Gasteiger partial charge in [-0.3, -0.25) is 4.79 Å². The fourth-order valence-corrected chi connectivity index (χ4v) is 7.51. The second-order valence-corrected chi connectivity index (χ2v) is 11.7. The number of benzene rings is 1. The Morgan fingerprint density at radius 3 is 2.66 bits per heavy atom. The van der Waals surface area contributed by atoms with Crippen molar-refractivity contribution in [2.45, 2.75) is 32.1 Å². The van der Waals surface area contributed by atoms with Gasteiger partial charge in [-0.15, -0.1) is 0 Å². The van der Waals surface area contributed by atoms with Crippen molar-refractivity contribution in [2.75, 3.05) is 51.8 Å². The lowest BCUT2D eigenvalue weighted by atomic mass is 9.48. The summed E-state index contributed by atoms with van der Waals surface area (Å²) in [6, 6.07) is 4.86.